The van der Waals surface area contributed by atoms with Gasteiger partial charge in [0.15, 0.2) is 0 Å². The standard InChI is InChI=1S/C20H22F3N5O2/c21-20(22,23)17-5-4-15(13-24-17)19(30)27-9-6-26(7-10-27)8-11-28-18(29)12-14-2-1-3-16(14)25-28/h4-5,12-13H,1-3,6-11H2. The molecule has 0 spiro atoms. The summed E-state index contributed by atoms with van der Waals surface area (Å²) in [5.41, 5.74) is 1.11. The van der Waals surface area contributed by atoms with Crippen LogP contribution in [0, 0.1) is 0 Å². The first-order chi connectivity index (χ1) is 14.3. The molecule has 3 heterocycles. The molecule has 2 aliphatic rings. The highest BCUT2D eigenvalue weighted by Gasteiger charge is 2.32. The lowest BCUT2D eigenvalue weighted by molar-refractivity contribution is -0.141. The molecule has 0 aromatic carbocycles. The number of carbonyl (C=O) groups excluding carboxylic acids is 1. The van der Waals surface area contributed by atoms with Gasteiger partial charge in [-0.05, 0) is 37.0 Å². The fourth-order valence-electron chi connectivity index (χ4n) is 3.88. The van der Waals surface area contributed by atoms with E-state index in [0.29, 0.717) is 39.3 Å². The highest BCUT2D eigenvalue weighted by Crippen LogP contribution is 2.27. The molecule has 4 rings (SSSR count). The minimum atomic E-state index is -4.52. The number of hydrogen-bond acceptors (Lipinski definition) is 5. The second-order valence-electron chi connectivity index (χ2n) is 7.59. The summed E-state index contributed by atoms with van der Waals surface area (Å²) in [6.45, 7) is 3.32. The van der Waals surface area contributed by atoms with Crippen LogP contribution in [-0.4, -0.2) is 63.2 Å². The molecule has 0 N–H and O–H groups in total. The average molecular weight is 421 g/mol. The van der Waals surface area contributed by atoms with Gasteiger partial charge in [0.1, 0.15) is 5.69 Å². The predicted octanol–water partition coefficient (Wildman–Crippen LogP) is 1.60. The SMILES string of the molecule is O=C(c1ccc(C(F)(F)F)nc1)N1CCN(CCn2nc3c(cc2=O)CCC3)CC1. The van der Waals surface area contributed by atoms with Crippen LogP contribution in [0.5, 0.6) is 0 Å². The van der Waals surface area contributed by atoms with E-state index in [-0.39, 0.29) is 17.0 Å². The maximum absolute atomic E-state index is 12.6. The van der Waals surface area contributed by atoms with Gasteiger partial charge in [-0.25, -0.2) is 4.68 Å². The lowest BCUT2D eigenvalue weighted by Gasteiger charge is -2.34. The zero-order chi connectivity index (χ0) is 21.3. The Morgan fingerprint density at radius 3 is 2.50 bits per heavy atom. The fourth-order valence-corrected chi connectivity index (χ4v) is 3.88. The molecule has 1 amide bonds. The normalized spacial score (nSPS) is 17.2. The zero-order valence-corrected chi connectivity index (χ0v) is 16.4. The van der Waals surface area contributed by atoms with Gasteiger partial charge in [0, 0.05) is 45.0 Å². The molecule has 160 valence electrons. The summed E-state index contributed by atoms with van der Waals surface area (Å²) >= 11 is 0. The van der Waals surface area contributed by atoms with Gasteiger partial charge in [0.2, 0.25) is 0 Å². The van der Waals surface area contributed by atoms with Crippen molar-refractivity contribution in [3.05, 3.63) is 57.3 Å². The van der Waals surface area contributed by atoms with E-state index in [1.807, 2.05) is 0 Å². The monoisotopic (exact) mass is 421 g/mol. The molecule has 0 atom stereocenters. The molecule has 0 saturated carbocycles. The molecular formula is C20H22F3N5O2. The number of fused-ring (bicyclic) bond motifs is 1. The Bertz CT molecular complexity index is 979. The van der Waals surface area contributed by atoms with E-state index in [4.69, 9.17) is 0 Å². The minimum absolute atomic E-state index is 0.0840. The molecule has 10 heteroatoms. The Labute approximate surface area is 171 Å². The lowest BCUT2D eigenvalue weighted by Crippen LogP contribution is -2.49. The van der Waals surface area contributed by atoms with Gasteiger partial charge < -0.3 is 4.90 Å². The third kappa shape index (κ3) is 4.38. The molecular weight excluding hydrogens is 399 g/mol. The van der Waals surface area contributed by atoms with Crippen LogP contribution in [0.4, 0.5) is 13.2 Å². The summed E-state index contributed by atoms with van der Waals surface area (Å²) in [6.07, 6.45) is -0.680. The summed E-state index contributed by atoms with van der Waals surface area (Å²) in [4.78, 5) is 31.8. The quantitative estimate of drug-likeness (QED) is 0.750. The number of amides is 1. The molecule has 0 radical (unpaired) electrons. The van der Waals surface area contributed by atoms with Gasteiger partial charge >= 0.3 is 6.18 Å². The maximum atomic E-state index is 12.6. The van der Waals surface area contributed by atoms with Crippen molar-refractivity contribution in [1.29, 1.82) is 0 Å². The number of nitrogens with zero attached hydrogens (tertiary/aromatic N) is 5. The lowest BCUT2D eigenvalue weighted by atomic mass is 10.2. The highest BCUT2D eigenvalue weighted by atomic mass is 19.4. The summed E-state index contributed by atoms with van der Waals surface area (Å²) in [7, 11) is 0. The van der Waals surface area contributed by atoms with Gasteiger partial charge in [-0.1, -0.05) is 0 Å². The van der Waals surface area contributed by atoms with Crippen LogP contribution in [0.25, 0.3) is 0 Å². The van der Waals surface area contributed by atoms with Crippen LogP contribution in [0.1, 0.15) is 33.7 Å². The maximum Gasteiger partial charge on any atom is 0.433 e. The average Bonchev–Trinajstić information content (AvgIpc) is 3.18. The number of pyridine rings is 1. The molecule has 7 nitrogen and oxygen atoms in total. The number of rotatable bonds is 4. The molecule has 0 unspecified atom stereocenters. The number of aromatic nitrogens is 3. The van der Waals surface area contributed by atoms with E-state index in [9.17, 15) is 22.8 Å². The van der Waals surface area contributed by atoms with Crippen LogP contribution < -0.4 is 5.56 Å². The molecule has 2 aromatic rings. The van der Waals surface area contributed by atoms with E-state index in [0.717, 1.165) is 48.8 Å². The molecule has 0 bridgehead atoms. The predicted molar refractivity (Wildman–Crippen MR) is 102 cm³/mol. The number of aryl methyl sites for hydroxylation is 2. The Hall–Kier alpha value is -2.75. The van der Waals surface area contributed by atoms with Crippen LogP contribution >= 0.6 is 0 Å². The molecule has 1 saturated heterocycles. The van der Waals surface area contributed by atoms with Crippen molar-refractivity contribution in [1.82, 2.24) is 24.6 Å². The molecule has 1 aliphatic heterocycles. The Balaban J connectivity index is 1.30. The fraction of sp³-hybridized carbons (Fsp3) is 0.500. The van der Waals surface area contributed by atoms with E-state index in [1.54, 1.807) is 11.0 Å². The van der Waals surface area contributed by atoms with E-state index >= 15 is 0 Å². The smallest absolute Gasteiger partial charge is 0.336 e. The van der Waals surface area contributed by atoms with E-state index in [2.05, 4.69) is 15.0 Å². The molecule has 1 fully saturated rings. The van der Waals surface area contributed by atoms with Gasteiger partial charge in [0.05, 0.1) is 17.8 Å². The first-order valence-electron chi connectivity index (χ1n) is 9.96. The summed E-state index contributed by atoms with van der Waals surface area (Å²) < 4.78 is 39.4. The van der Waals surface area contributed by atoms with E-state index in [1.165, 1.54) is 4.68 Å². The van der Waals surface area contributed by atoms with Crippen molar-refractivity contribution in [3.8, 4) is 0 Å². The summed E-state index contributed by atoms with van der Waals surface area (Å²) in [5, 5.41) is 4.47. The van der Waals surface area contributed by atoms with Crippen molar-refractivity contribution in [3.63, 3.8) is 0 Å². The first kappa shape index (κ1) is 20.5. The molecule has 2 aromatic heterocycles. The molecule has 1 aliphatic carbocycles. The Morgan fingerprint density at radius 1 is 1.07 bits per heavy atom. The third-order valence-electron chi connectivity index (χ3n) is 5.61. The zero-order valence-electron chi connectivity index (χ0n) is 16.4. The van der Waals surface area contributed by atoms with Gasteiger partial charge in [-0.3, -0.25) is 19.5 Å². The van der Waals surface area contributed by atoms with Crippen LogP contribution in [-0.2, 0) is 25.6 Å². The molecule has 30 heavy (non-hydrogen) atoms. The van der Waals surface area contributed by atoms with Gasteiger partial charge in [-0.15, -0.1) is 0 Å². The van der Waals surface area contributed by atoms with Crippen molar-refractivity contribution in [2.45, 2.75) is 32.0 Å². The Kier molecular flexibility index (Phi) is 5.59. The second-order valence-corrected chi connectivity index (χ2v) is 7.59. The largest absolute Gasteiger partial charge is 0.433 e. The van der Waals surface area contributed by atoms with E-state index < -0.39 is 11.9 Å². The number of halogens is 3. The second kappa shape index (κ2) is 8.17. The highest BCUT2D eigenvalue weighted by molar-refractivity contribution is 5.94. The van der Waals surface area contributed by atoms with Gasteiger partial charge in [-0.2, -0.15) is 18.3 Å². The van der Waals surface area contributed by atoms with Crippen molar-refractivity contribution < 1.29 is 18.0 Å². The number of alkyl halides is 3. The summed E-state index contributed by atoms with van der Waals surface area (Å²) in [5.74, 6) is -0.326. The summed E-state index contributed by atoms with van der Waals surface area (Å²) in [6, 6.07) is 3.67. The number of hydrogen-bond donors (Lipinski definition) is 0. The Morgan fingerprint density at radius 2 is 1.83 bits per heavy atom. The van der Waals surface area contributed by atoms with Crippen molar-refractivity contribution >= 4 is 5.91 Å². The van der Waals surface area contributed by atoms with Crippen molar-refractivity contribution in [2.75, 3.05) is 32.7 Å². The number of carbonyl (C=O) groups is 1. The van der Waals surface area contributed by atoms with Crippen LogP contribution in [0.3, 0.4) is 0 Å². The minimum Gasteiger partial charge on any atom is -0.336 e. The van der Waals surface area contributed by atoms with Crippen LogP contribution in [0.2, 0.25) is 0 Å². The number of piperazine rings is 1. The van der Waals surface area contributed by atoms with Crippen LogP contribution in [0.15, 0.2) is 29.2 Å². The van der Waals surface area contributed by atoms with Gasteiger partial charge in [0.25, 0.3) is 11.5 Å². The van der Waals surface area contributed by atoms with Crippen molar-refractivity contribution in [2.24, 2.45) is 0 Å². The first-order valence-corrected chi connectivity index (χ1v) is 9.96. The third-order valence-corrected chi connectivity index (χ3v) is 5.61. The topological polar surface area (TPSA) is 71.3 Å².